The number of anilines is 2. The summed E-state index contributed by atoms with van der Waals surface area (Å²) in [4.78, 5) is 19.7. The molecule has 7 nitrogen and oxygen atoms in total. The van der Waals surface area contributed by atoms with Crippen molar-refractivity contribution in [1.29, 1.82) is 0 Å². The monoisotopic (exact) mass is 392 g/mol. The van der Waals surface area contributed by atoms with Gasteiger partial charge in [-0.05, 0) is 38.7 Å². The zero-order valence-electron chi connectivity index (χ0n) is 16.0. The molecule has 0 radical (unpaired) electrons. The first-order valence-electron chi connectivity index (χ1n) is 9.41. The van der Waals surface area contributed by atoms with E-state index < -0.39 is 5.91 Å². The van der Waals surface area contributed by atoms with Gasteiger partial charge in [-0.15, -0.1) is 11.3 Å². The molecule has 3 rings (SSSR count). The minimum atomic E-state index is -0.502. The lowest BCUT2D eigenvalue weighted by Gasteiger charge is -2.35. The van der Waals surface area contributed by atoms with Gasteiger partial charge in [-0.2, -0.15) is 0 Å². The number of carbonyl (C=O) groups excluding carboxylic acids is 1. The first-order chi connectivity index (χ1) is 13.0. The molecule has 0 aliphatic carbocycles. The Balaban J connectivity index is 1.78. The van der Waals surface area contributed by atoms with Crippen molar-refractivity contribution in [2.75, 3.05) is 50.2 Å². The molecule has 0 saturated carbocycles. The third-order valence-electron chi connectivity index (χ3n) is 4.82. The number of hydrogen-bond donors (Lipinski definition) is 2. The summed E-state index contributed by atoms with van der Waals surface area (Å²) in [6, 6.07) is 2.05. The molecule has 1 atom stereocenters. The van der Waals surface area contributed by atoms with Gasteiger partial charge in [0.2, 0.25) is 0 Å². The number of pyridine rings is 1. The van der Waals surface area contributed by atoms with Crippen molar-refractivity contribution >= 4 is 38.8 Å². The Morgan fingerprint density at radius 2 is 2.19 bits per heavy atom. The Kier molecular flexibility index (Phi) is 6.51. The van der Waals surface area contributed by atoms with Gasteiger partial charge in [0.15, 0.2) is 0 Å². The van der Waals surface area contributed by atoms with E-state index in [1.807, 2.05) is 13.8 Å². The largest absolute Gasteiger partial charge is 0.397 e. The van der Waals surface area contributed by atoms with Gasteiger partial charge in [-0.3, -0.25) is 4.79 Å². The number of nitrogens with zero attached hydrogens (tertiary/aromatic N) is 2. The summed E-state index contributed by atoms with van der Waals surface area (Å²) in [5.41, 5.74) is 14.1. The molecule has 0 unspecified atom stereocenters. The lowest BCUT2D eigenvalue weighted by atomic mass is 9.98. The van der Waals surface area contributed by atoms with Gasteiger partial charge in [0.1, 0.15) is 9.71 Å². The summed E-state index contributed by atoms with van der Waals surface area (Å²) >= 11 is 1.27. The molecule has 1 aliphatic rings. The predicted octanol–water partition coefficient (Wildman–Crippen LogP) is 2.56. The summed E-state index contributed by atoms with van der Waals surface area (Å²) in [6.07, 6.45) is 2.24. The quantitative estimate of drug-likeness (QED) is 0.669. The van der Waals surface area contributed by atoms with Crippen LogP contribution in [0.2, 0.25) is 0 Å². The molecule has 1 saturated heterocycles. The lowest BCUT2D eigenvalue weighted by Crippen LogP contribution is -2.37. The molecule has 3 heterocycles. The van der Waals surface area contributed by atoms with E-state index in [2.05, 4.69) is 16.0 Å². The van der Waals surface area contributed by atoms with E-state index >= 15 is 0 Å². The highest BCUT2D eigenvalue weighted by Gasteiger charge is 2.25. The molecule has 1 aliphatic heterocycles. The van der Waals surface area contributed by atoms with E-state index in [-0.39, 0.29) is 0 Å². The van der Waals surface area contributed by atoms with E-state index in [0.29, 0.717) is 36.3 Å². The van der Waals surface area contributed by atoms with Crippen molar-refractivity contribution in [3.8, 4) is 0 Å². The van der Waals surface area contributed by atoms with Crippen molar-refractivity contribution < 1.29 is 14.3 Å². The molecule has 4 N–H and O–H groups in total. The third-order valence-corrected chi connectivity index (χ3v) is 5.93. The normalized spacial score (nSPS) is 17.6. The van der Waals surface area contributed by atoms with Crippen molar-refractivity contribution in [1.82, 2.24) is 4.98 Å². The zero-order valence-corrected chi connectivity index (χ0v) is 16.8. The van der Waals surface area contributed by atoms with Crippen LogP contribution in [0.3, 0.4) is 0 Å². The number of hydrogen-bond acceptors (Lipinski definition) is 7. The van der Waals surface area contributed by atoms with Crippen molar-refractivity contribution in [3.05, 3.63) is 16.6 Å². The molecule has 148 valence electrons. The van der Waals surface area contributed by atoms with Crippen LogP contribution in [0.5, 0.6) is 0 Å². The van der Waals surface area contributed by atoms with E-state index in [4.69, 9.17) is 20.9 Å². The van der Waals surface area contributed by atoms with Crippen LogP contribution in [-0.4, -0.2) is 50.4 Å². The molecule has 0 spiro atoms. The number of nitrogens with two attached hydrogens (primary N) is 2. The fourth-order valence-electron chi connectivity index (χ4n) is 3.58. The second-order valence-corrected chi connectivity index (χ2v) is 7.90. The second kappa shape index (κ2) is 8.86. The molecule has 2 aromatic rings. The van der Waals surface area contributed by atoms with Gasteiger partial charge in [0.05, 0.1) is 36.6 Å². The summed E-state index contributed by atoms with van der Waals surface area (Å²) in [7, 11) is 0. The van der Waals surface area contributed by atoms with Gasteiger partial charge >= 0.3 is 0 Å². The SMILES string of the molecule is CCOCCOC[C@H]1CCCN(c2cc(C)nc3sc(C(N)=O)c(N)c23)C1. The minimum Gasteiger partial charge on any atom is -0.397 e. The van der Waals surface area contributed by atoms with Gasteiger partial charge in [-0.1, -0.05) is 0 Å². The molecule has 1 fully saturated rings. The van der Waals surface area contributed by atoms with Crippen LogP contribution in [0.15, 0.2) is 6.07 Å². The summed E-state index contributed by atoms with van der Waals surface area (Å²) in [6.45, 7) is 8.50. The minimum absolute atomic E-state index is 0.386. The number of carbonyl (C=O) groups is 1. The standard InChI is InChI=1S/C19H28N4O3S/c1-3-25-7-8-26-11-13-5-4-6-23(10-13)14-9-12(2)22-19-15(14)16(20)17(27-19)18(21)24/h9,13H,3-8,10-11,20H2,1-2H3,(H2,21,24)/t13-/m0/s1. The summed E-state index contributed by atoms with van der Waals surface area (Å²) < 4.78 is 11.1. The number of fused-ring (bicyclic) bond motifs is 1. The van der Waals surface area contributed by atoms with Gasteiger partial charge in [-0.25, -0.2) is 4.98 Å². The highest BCUT2D eigenvalue weighted by molar-refractivity contribution is 7.21. The van der Waals surface area contributed by atoms with Crippen LogP contribution < -0.4 is 16.4 Å². The molecule has 0 bridgehead atoms. The third kappa shape index (κ3) is 4.51. The molecule has 27 heavy (non-hydrogen) atoms. The Hall–Kier alpha value is -1.90. The maximum absolute atomic E-state index is 11.7. The predicted molar refractivity (Wildman–Crippen MR) is 110 cm³/mol. The fraction of sp³-hybridized carbons (Fsp3) is 0.579. The molecule has 2 aromatic heterocycles. The number of aromatic nitrogens is 1. The van der Waals surface area contributed by atoms with Crippen LogP contribution in [0.4, 0.5) is 11.4 Å². The van der Waals surface area contributed by atoms with Crippen LogP contribution in [0.1, 0.15) is 35.1 Å². The first-order valence-corrected chi connectivity index (χ1v) is 10.2. The van der Waals surface area contributed by atoms with Crippen molar-refractivity contribution in [2.24, 2.45) is 11.7 Å². The average molecular weight is 393 g/mol. The first kappa shape index (κ1) is 19.9. The Labute approximate surface area is 163 Å². The molecule has 8 heteroatoms. The van der Waals surface area contributed by atoms with E-state index in [1.165, 1.54) is 11.3 Å². The van der Waals surface area contributed by atoms with Crippen LogP contribution in [-0.2, 0) is 9.47 Å². The smallest absolute Gasteiger partial charge is 0.260 e. The van der Waals surface area contributed by atoms with Crippen LogP contribution in [0.25, 0.3) is 10.2 Å². The maximum atomic E-state index is 11.7. The van der Waals surface area contributed by atoms with Gasteiger partial charge < -0.3 is 25.8 Å². The second-order valence-electron chi connectivity index (χ2n) is 6.90. The van der Waals surface area contributed by atoms with Crippen molar-refractivity contribution in [3.63, 3.8) is 0 Å². The number of aryl methyl sites for hydroxylation is 1. The van der Waals surface area contributed by atoms with Gasteiger partial charge in [0, 0.05) is 25.4 Å². The van der Waals surface area contributed by atoms with Crippen molar-refractivity contribution in [2.45, 2.75) is 26.7 Å². The lowest BCUT2D eigenvalue weighted by molar-refractivity contribution is 0.0352. The number of ether oxygens (including phenoxy) is 2. The summed E-state index contributed by atoms with van der Waals surface area (Å²) in [5, 5.41) is 0.845. The van der Waals surface area contributed by atoms with Gasteiger partial charge in [0.25, 0.3) is 5.91 Å². The number of rotatable bonds is 8. The highest BCUT2D eigenvalue weighted by atomic mass is 32.1. The number of piperidine rings is 1. The Bertz CT molecular complexity index is 808. The zero-order chi connectivity index (χ0) is 19.4. The maximum Gasteiger partial charge on any atom is 0.260 e. The fourth-order valence-corrected chi connectivity index (χ4v) is 4.60. The topological polar surface area (TPSA) is 104 Å². The number of nitrogen functional groups attached to an aromatic ring is 1. The van der Waals surface area contributed by atoms with E-state index in [0.717, 1.165) is 54.1 Å². The molecular formula is C19H28N4O3S. The number of amides is 1. The Morgan fingerprint density at radius 1 is 1.41 bits per heavy atom. The van der Waals surface area contributed by atoms with Crippen LogP contribution >= 0.6 is 11.3 Å². The molecule has 0 aromatic carbocycles. The summed E-state index contributed by atoms with van der Waals surface area (Å²) in [5.74, 6) is -0.0438. The van der Waals surface area contributed by atoms with Crippen LogP contribution in [0, 0.1) is 12.8 Å². The number of thiophene rings is 1. The number of primary amides is 1. The molecular weight excluding hydrogens is 364 g/mol. The Morgan fingerprint density at radius 3 is 2.93 bits per heavy atom. The highest BCUT2D eigenvalue weighted by Crippen LogP contribution is 2.40. The van der Waals surface area contributed by atoms with E-state index in [9.17, 15) is 4.79 Å². The average Bonchev–Trinajstić information content (AvgIpc) is 2.98. The van der Waals surface area contributed by atoms with E-state index in [1.54, 1.807) is 0 Å². The molecule has 1 amide bonds.